The maximum absolute atomic E-state index is 11.4. The Morgan fingerprint density at radius 2 is 2.11 bits per heavy atom. The standard InChI is InChI=1S/C13H25N3O2/c1-11(13(17)18-2)9-15-6-3-12(10-15)16-7-4-14-5-8-16/h11-12,14H,3-10H2,1-2H3. The third-order valence-corrected chi connectivity index (χ3v) is 4.05. The molecule has 2 aliphatic rings. The summed E-state index contributed by atoms with van der Waals surface area (Å²) in [4.78, 5) is 16.4. The van der Waals surface area contributed by atoms with Crippen LogP contribution in [0.2, 0.25) is 0 Å². The molecule has 18 heavy (non-hydrogen) atoms. The smallest absolute Gasteiger partial charge is 0.309 e. The quantitative estimate of drug-likeness (QED) is 0.703. The number of likely N-dealkylation sites (tertiary alicyclic amines) is 1. The van der Waals surface area contributed by atoms with E-state index in [4.69, 9.17) is 4.74 Å². The molecule has 0 aromatic carbocycles. The first kappa shape index (κ1) is 13.8. The van der Waals surface area contributed by atoms with E-state index in [9.17, 15) is 4.79 Å². The number of methoxy groups -OCH3 is 1. The van der Waals surface area contributed by atoms with Gasteiger partial charge in [0.15, 0.2) is 0 Å². The van der Waals surface area contributed by atoms with E-state index in [1.54, 1.807) is 0 Å². The zero-order valence-corrected chi connectivity index (χ0v) is 11.5. The second-order valence-electron chi connectivity index (χ2n) is 5.41. The fourth-order valence-corrected chi connectivity index (χ4v) is 2.99. The van der Waals surface area contributed by atoms with Crippen LogP contribution in [0.1, 0.15) is 13.3 Å². The number of nitrogens with one attached hydrogen (secondary N) is 1. The Morgan fingerprint density at radius 1 is 1.39 bits per heavy atom. The number of piperazine rings is 1. The van der Waals surface area contributed by atoms with Crippen LogP contribution in [0.5, 0.6) is 0 Å². The van der Waals surface area contributed by atoms with Crippen molar-refractivity contribution in [3.63, 3.8) is 0 Å². The first-order chi connectivity index (χ1) is 8.70. The van der Waals surface area contributed by atoms with Gasteiger partial charge in [0.2, 0.25) is 0 Å². The van der Waals surface area contributed by atoms with E-state index in [1.807, 2.05) is 6.92 Å². The Morgan fingerprint density at radius 3 is 2.78 bits per heavy atom. The highest BCUT2D eigenvalue weighted by Gasteiger charge is 2.30. The van der Waals surface area contributed by atoms with Gasteiger partial charge < -0.3 is 15.0 Å². The summed E-state index contributed by atoms with van der Waals surface area (Å²) in [5, 5.41) is 3.39. The first-order valence-corrected chi connectivity index (χ1v) is 6.95. The van der Waals surface area contributed by atoms with E-state index >= 15 is 0 Å². The maximum atomic E-state index is 11.4. The number of hydrogen-bond donors (Lipinski definition) is 1. The minimum Gasteiger partial charge on any atom is -0.469 e. The highest BCUT2D eigenvalue weighted by molar-refractivity contribution is 5.72. The lowest BCUT2D eigenvalue weighted by atomic mass is 10.2. The van der Waals surface area contributed by atoms with Crippen molar-refractivity contribution in [3.8, 4) is 0 Å². The molecule has 2 fully saturated rings. The van der Waals surface area contributed by atoms with Gasteiger partial charge in [-0.2, -0.15) is 0 Å². The van der Waals surface area contributed by atoms with E-state index in [2.05, 4.69) is 15.1 Å². The van der Waals surface area contributed by atoms with Crippen LogP contribution in [0.15, 0.2) is 0 Å². The molecule has 0 radical (unpaired) electrons. The monoisotopic (exact) mass is 255 g/mol. The molecule has 0 spiro atoms. The lowest BCUT2D eigenvalue weighted by Crippen LogP contribution is -2.49. The van der Waals surface area contributed by atoms with Crippen LogP contribution >= 0.6 is 0 Å². The molecule has 0 saturated carbocycles. The molecule has 5 heteroatoms. The molecule has 2 unspecified atom stereocenters. The summed E-state index contributed by atoms with van der Waals surface area (Å²) in [7, 11) is 1.46. The van der Waals surface area contributed by atoms with Crippen LogP contribution in [-0.4, -0.2) is 74.7 Å². The molecule has 2 heterocycles. The van der Waals surface area contributed by atoms with Gasteiger partial charge in [-0.15, -0.1) is 0 Å². The SMILES string of the molecule is COC(=O)C(C)CN1CCC(N2CCNCC2)C1. The molecular formula is C13H25N3O2. The number of hydrogen-bond acceptors (Lipinski definition) is 5. The lowest BCUT2D eigenvalue weighted by molar-refractivity contribution is -0.145. The summed E-state index contributed by atoms with van der Waals surface area (Å²) >= 11 is 0. The maximum Gasteiger partial charge on any atom is 0.309 e. The average Bonchev–Trinajstić information content (AvgIpc) is 2.87. The number of nitrogens with zero attached hydrogens (tertiary/aromatic N) is 2. The van der Waals surface area contributed by atoms with Crippen LogP contribution < -0.4 is 5.32 Å². The second-order valence-corrected chi connectivity index (χ2v) is 5.41. The minimum absolute atomic E-state index is 0.0169. The second kappa shape index (κ2) is 6.50. The molecule has 0 bridgehead atoms. The van der Waals surface area contributed by atoms with Crippen LogP contribution in [0.3, 0.4) is 0 Å². The van der Waals surface area contributed by atoms with Crippen LogP contribution in [0, 0.1) is 5.92 Å². The van der Waals surface area contributed by atoms with Gasteiger partial charge in [0.1, 0.15) is 0 Å². The first-order valence-electron chi connectivity index (χ1n) is 6.95. The van der Waals surface area contributed by atoms with Gasteiger partial charge >= 0.3 is 5.97 Å². The molecule has 2 saturated heterocycles. The van der Waals surface area contributed by atoms with Crippen LogP contribution in [0.25, 0.3) is 0 Å². The fourth-order valence-electron chi connectivity index (χ4n) is 2.99. The summed E-state index contributed by atoms with van der Waals surface area (Å²) in [6, 6.07) is 0.678. The van der Waals surface area contributed by atoms with Crippen molar-refractivity contribution in [2.45, 2.75) is 19.4 Å². The van der Waals surface area contributed by atoms with Crippen LogP contribution in [0.4, 0.5) is 0 Å². The third-order valence-electron chi connectivity index (χ3n) is 4.05. The summed E-state index contributed by atoms with van der Waals surface area (Å²) in [5.74, 6) is -0.114. The zero-order valence-electron chi connectivity index (χ0n) is 11.5. The van der Waals surface area contributed by atoms with E-state index in [1.165, 1.54) is 13.5 Å². The van der Waals surface area contributed by atoms with Gasteiger partial charge in [-0.1, -0.05) is 6.92 Å². The van der Waals surface area contributed by atoms with Gasteiger partial charge in [0.25, 0.3) is 0 Å². The number of ether oxygens (including phenoxy) is 1. The highest BCUT2D eigenvalue weighted by Crippen LogP contribution is 2.17. The summed E-state index contributed by atoms with van der Waals surface area (Å²) in [5.41, 5.74) is 0. The van der Waals surface area contributed by atoms with Gasteiger partial charge in [0, 0.05) is 45.3 Å². The Labute approximate surface area is 109 Å². The average molecular weight is 255 g/mol. The van der Waals surface area contributed by atoms with E-state index in [0.29, 0.717) is 6.04 Å². The van der Waals surface area contributed by atoms with E-state index in [-0.39, 0.29) is 11.9 Å². The van der Waals surface area contributed by atoms with E-state index in [0.717, 1.165) is 45.8 Å². The van der Waals surface area contributed by atoms with Crippen molar-refractivity contribution in [1.82, 2.24) is 15.1 Å². The molecule has 2 atom stereocenters. The molecule has 0 aliphatic carbocycles. The Bertz CT molecular complexity index is 279. The normalized spacial score (nSPS) is 28.2. The molecule has 104 valence electrons. The number of carbonyl (C=O) groups is 1. The topological polar surface area (TPSA) is 44.8 Å². The highest BCUT2D eigenvalue weighted by atomic mass is 16.5. The van der Waals surface area contributed by atoms with Gasteiger partial charge in [0.05, 0.1) is 13.0 Å². The predicted molar refractivity (Wildman–Crippen MR) is 70.5 cm³/mol. The summed E-state index contributed by atoms with van der Waals surface area (Å²) in [6.07, 6.45) is 1.23. The molecule has 0 amide bonds. The van der Waals surface area contributed by atoms with Crippen molar-refractivity contribution in [3.05, 3.63) is 0 Å². The molecule has 5 nitrogen and oxygen atoms in total. The predicted octanol–water partition coefficient (Wildman–Crippen LogP) is -0.225. The van der Waals surface area contributed by atoms with Crippen molar-refractivity contribution >= 4 is 5.97 Å². The molecule has 2 aliphatic heterocycles. The van der Waals surface area contributed by atoms with Crippen molar-refractivity contribution in [2.75, 3.05) is 52.9 Å². The Hall–Kier alpha value is -0.650. The summed E-state index contributed by atoms with van der Waals surface area (Å²) < 4.78 is 4.78. The van der Waals surface area contributed by atoms with Gasteiger partial charge in [-0.25, -0.2) is 0 Å². The molecule has 1 N–H and O–H groups in total. The summed E-state index contributed by atoms with van der Waals surface area (Å²) in [6.45, 7) is 9.51. The molecule has 2 rings (SSSR count). The van der Waals surface area contributed by atoms with Crippen molar-refractivity contribution in [2.24, 2.45) is 5.92 Å². The number of esters is 1. The number of rotatable bonds is 4. The molecule has 0 aromatic rings. The van der Waals surface area contributed by atoms with Crippen molar-refractivity contribution < 1.29 is 9.53 Å². The minimum atomic E-state index is -0.0966. The third kappa shape index (κ3) is 3.43. The van der Waals surface area contributed by atoms with Crippen molar-refractivity contribution in [1.29, 1.82) is 0 Å². The van der Waals surface area contributed by atoms with Crippen LogP contribution in [-0.2, 0) is 9.53 Å². The van der Waals surface area contributed by atoms with E-state index < -0.39 is 0 Å². The fraction of sp³-hybridized carbons (Fsp3) is 0.923. The Kier molecular flexibility index (Phi) is 4.97. The molecular weight excluding hydrogens is 230 g/mol. The largest absolute Gasteiger partial charge is 0.469 e. The lowest BCUT2D eigenvalue weighted by Gasteiger charge is -2.32. The Balaban J connectivity index is 1.75. The number of carbonyl (C=O) groups excluding carboxylic acids is 1. The van der Waals surface area contributed by atoms with Gasteiger partial charge in [-0.3, -0.25) is 9.69 Å². The van der Waals surface area contributed by atoms with Gasteiger partial charge in [-0.05, 0) is 13.0 Å². The molecule has 0 aromatic heterocycles. The zero-order chi connectivity index (χ0) is 13.0.